The van der Waals surface area contributed by atoms with Crippen LogP contribution in [0.5, 0.6) is 5.75 Å². The molecule has 0 saturated carbocycles. The fourth-order valence-corrected chi connectivity index (χ4v) is 2.35. The molecule has 3 rings (SSSR count). The minimum Gasteiger partial charge on any atom is -0.494 e. The summed E-state index contributed by atoms with van der Waals surface area (Å²) in [6.45, 7) is 0. The van der Waals surface area contributed by atoms with Crippen molar-refractivity contribution in [2.75, 3.05) is 7.11 Å². The molecule has 22 heavy (non-hydrogen) atoms. The Labute approximate surface area is 132 Å². The number of carbonyl (C=O) groups is 1. The molecule has 0 aliphatic carbocycles. The predicted molar refractivity (Wildman–Crippen MR) is 83.7 cm³/mol. The third-order valence-corrected chi connectivity index (χ3v) is 3.49. The highest BCUT2D eigenvalue weighted by atomic mass is 35.5. The molecule has 5 nitrogen and oxygen atoms in total. The number of benzene rings is 2. The molecular formula is C16H12ClN3O2. The molecule has 110 valence electrons. The smallest absolute Gasteiger partial charge is 0.172 e. The van der Waals surface area contributed by atoms with Gasteiger partial charge >= 0.3 is 0 Å². The summed E-state index contributed by atoms with van der Waals surface area (Å²) in [5, 5.41) is 8.65. The summed E-state index contributed by atoms with van der Waals surface area (Å²) in [4.78, 5) is 11.3. The number of halogens is 1. The van der Waals surface area contributed by atoms with E-state index in [4.69, 9.17) is 16.3 Å². The van der Waals surface area contributed by atoms with Crippen LogP contribution in [0.3, 0.4) is 0 Å². The minimum atomic E-state index is 0.258. The van der Waals surface area contributed by atoms with Crippen LogP contribution in [0.1, 0.15) is 10.5 Å². The van der Waals surface area contributed by atoms with E-state index in [1.165, 1.54) is 0 Å². The Morgan fingerprint density at radius 1 is 1.14 bits per heavy atom. The minimum absolute atomic E-state index is 0.258. The number of rotatable bonds is 4. The molecule has 0 atom stereocenters. The highest BCUT2D eigenvalue weighted by molar-refractivity contribution is 6.30. The van der Waals surface area contributed by atoms with Crippen molar-refractivity contribution < 1.29 is 9.53 Å². The van der Waals surface area contributed by atoms with E-state index in [9.17, 15) is 4.79 Å². The molecular weight excluding hydrogens is 302 g/mol. The molecule has 0 unspecified atom stereocenters. The van der Waals surface area contributed by atoms with Crippen LogP contribution in [0.25, 0.3) is 16.9 Å². The lowest BCUT2D eigenvalue weighted by molar-refractivity contribution is 0.111. The molecule has 0 amide bonds. The van der Waals surface area contributed by atoms with Gasteiger partial charge in [0.05, 0.1) is 7.11 Å². The van der Waals surface area contributed by atoms with Gasteiger partial charge in [-0.2, -0.15) is 0 Å². The Bertz CT molecular complexity index is 813. The monoisotopic (exact) mass is 313 g/mol. The van der Waals surface area contributed by atoms with Crippen molar-refractivity contribution >= 4 is 17.9 Å². The average Bonchev–Trinajstić information content (AvgIpc) is 2.99. The number of aldehydes is 1. The average molecular weight is 314 g/mol. The zero-order chi connectivity index (χ0) is 15.5. The van der Waals surface area contributed by atoms with E-state index in [1.807, 2.05) is 36.4 Å². The molecule has 1 aromatic heterocycles. The number of ether oxygens (including phenoxy) is 1. The fourth-order valence-electron chi connectivity index (χ4n) is 2.22. The van der Waals surface area contributed by atoms with Crippen molar-refractivity contribution in [3.8, 4) is 22.7 Å². The topological polar surface area (TPSA) is 57.0 Å². The van der Waals surface area contributed by atoms with Gasteiger partial charge in [-0.25, -0.2) is 4.68 Å². The van der Waals surface area contributed by atoms with Gasteiger partial charge in [0.15, 0.2) is 12.0 Å². The van der Waals surface area contributed by atoms with Crippen LogP contribution in [0.2, 0.25) is 5.02 Å². The maximum Gasteiger partial charge on any atom is 0.172 e. The van der Waals surface area contributed by atoms with Crippen molar-refractivity contribution in [2.24, 2.45) is 0 Å². The fraction of sp³-hybridized carbons (Fsp3) is 0.0625. The molecule has 0 N–H and O–H groups in total. The predicted octanol–water partition coefficient (Wildman–Crippen LogP) is 3.41. The summed E-state index contributed by atoms with van der Waals surface area (Å²) < 4.78 is 6.94. The van der Waals surface area contributed by atoms with Crippen LogP contribution in [0, 0.1) is 0 Å². The summed E-state index contributed by atoms with van der Waals surface area (Å²) in [5.41, 5.74) is 2.35. The SMILES string of the molecule is COc1ccccc1-n1nnc(C=O)c1-c1ccc(Cl)cc1. The van der Waals surface area contributed by atoms with Gasteiger partial charge in [0.2, 0.25) is 0 Å². The highest BCUT2D eigenvalue weighted by Crippen LogP contribution is 2.29. The van der Waals surface area contributed by atoms with Gasteiger partial charge < -0.3 is 4.74 Å². The normalized spacial score (nSPS) is 10.5. The van der Waals surface area contributed by atoms with Gasteiger partial charge in [-0.15, -0.1) is 5.10 Å². The Hall–Kier alpha value is -2.66. The van der Waals surface area contributed by atoms with E-state index in [1.54, 1.807) is 23.9 Å². The summed E-state index contributed by atoms with van der Waals surface area (Å²) >= 11 is 5.92. The van der Waals surface area contributed by atoms with E-state index < -0.39 is 0 Å². The summed E-state index contributed by atoms with van der Waals surface area (Å²) in [7, 11) is 1.58. The van der Waals surface area contributed by atoms with E-state index >= 15 is 0 Å². The lowest BCUT2D eigenvalue weighted by Crippen LogP contribution is -2.02. The van der Waals surface area contributed by atoms with E-state index in [-0.39, 0.29) is 5.69 Å². The molecule has 0 aliphatic rings. The maximum absolute atomic E-state index is 11.3. The van der Waals surface area contributed by atoms with Crippen LogP contribution in [-0.4, -0.2) is 28.4 Å². The number of nitrogens with zero attached hydrogens (tertiary/aromatic N) is 3. The first-order valence-corrected chi connectivity index (χ1v) is 6.92. The summed E-state index contributed by atoms with van der Waals surface area (Å²) in [6.07, 6.45) is 0.683. The van der Waals surface area contributed by atoms with Gasteiger partial charge in [-0.1, -0.05) is 41.1 Å². The second-order valence-corrected chi connectivity index (χ2v) is 4.97. The van der Waals surface area contributed by atoms with Gasteiger partial charge in [0.1, 0.15) is 17.1 Å². The number of carbonyl (C=O) groups excluding carboxylic acids is 1. The summed E-state index contributed by atoms with van der Waals surface area (Å²) in [6, 6.07) is 14.5. The highest BCUT2D eigenvalue weighted by Gasteiger charge is 2.18. The Morgan fingerprint density at radius 2 is 1.86 bits per heavy atom. The van der Waals surface area contributed by atoms with E-state index in [0.717, 1.165) is 5.56 Å². The van der Waals surface area contributed by atoms with Gasteiger partial charge in [0, 0.05) is 10.6 Å². The third kappa shape index (κ3) is 2.46. The first-order valence-electron chi connectivity index (χ1n) is 6.55. The van der Waals surface area contributed by atoms with E-state index in [2.05, 4.69) is 10.3 Å². The van der Waals surface area contributed by atoms with Crippen molar-refractivity contribution in [3.05, 3.63) is 59.2 Å². The van der Waals surface area contributed by atoms with Crippen LogP contribution in [0.4, 0.5) is 0 Å². The van der Waals surface area contributed by atoms with Gasteiger partial charge in [-0.05, 0) is 24.3 Å². The largest absolute Gasteiger partial charge is 0.494 e. The molecule has 6 heteroatoms. The Morgan fingerprint density at radius 3 is 2.55 bits per heavy atom. The number of aromatic nitrogens is 3. The third-order valence-electron chi connectivity index (χ3n) is 3.24. The molecule has 0 spiro atoms. The zero-order valence-electron chi connectivity index (χ0n) is 11.7. The van der Waals surface area contributed by atoms with Gasteiger partial charge in [-0.3, -0.25) is 4.79 Å². The quantitative estimate of drug-likeness (QED) is 0.693. The molecule has 0 bridgehead atoms. The van der Waals surface area contributed by atoms with Crippen molar-refractivity contribution in [2.45, 2.75) is 0 Å². The molecule has 0 radical (unpaired) electrons. The van der Waals surface area contributed by atoms with Crippen molar-refractivity contribution in [3.63, 3.8) is 0 Å². The van der Waals surface area contributed by atoms with Crippen LogP contribution in [-0.2, 0) is 0 Å². The second-order valence-electron chi connectivity index (χ2n) is 4.53. The number of hydrogen-bond donors (Lipinski definition) is 0. The first kappa shape index (κ1) is 14.3. The molecule has 3 aromatic rings. The second kappa shape index (κ2) is 5.99. The van der Waals surface area contributed by atoms with E-state index in [0.29, 0.717) is 28.4 Å². The number of hydrogen-bond acceptors (Lipinski definition) is 4. The van der Waals surface area contributed by atoms with Crippen molar-refractivity contribution in [1.82, 2.24) is 15.0 Å². The molecule has 1 heterocycles. The lowest BCUT2D eigenvalue weighted by atomic mass is 10.1. The molecule has 0 fully saturated rings. The molecule has 0 aliphatic heterocycles. The molecule has 2 aromatic carbocycles. The molecule has 0 saturated heterocycles. The van der Waals surface area contributed by atoms with Crippen LogP contribution in [0.15, 0.2) is 48.5 Å². The first-order chi connectivity index (χ1) is 10.7. The van der Waals surface area contributed by atoms with Crippen molar-refractivity contribution in [1.29, 1.82) is 0 Å². The number of para-hydroxylation sites is 2. The van der Waals surface area contributed by atoms with Gasteiger partial charge in [0.25, 0.3) is 0 Å². The van der Waals surface area contributed by atoms with Crippen LogP contribution < -0.4 is 4.74 Å². The zero-order valence-corrected chi connectivity index (χ0v) is 12.5. The lowest BCUT2D eigenvalue weighted by Gasteiger charge is -2.11. The Balaban J connectivity index is 2.23. The maximum atomic E-state index is 11.3. The van der Waals surface area contributed by atoms with Crippen LogP contribution >= 0.6 is 11.6 Å². The number of methoxy groups -OCH3 is 1. The Kier molecular flexibility index (Phi) is 3.89. The summed E-state index contributed by atoms with van der Waals surface area (Å²) in [5.74, 6) is 0.639. The standard InChI is InChI=1S/C16H12ClN3O2/c1-22-15-5-3-2-4-14(15)20-16(13(10-21)18-19-20)11-6-8-12(17)9-7-11/h2-10H,1H3.